The van der Waals surface area contributed by atoms with E-state index in [9.17, 15) is 4.79 Å². The Kier molecular flexibility index (Phi) is 3.62. The Morgan fingerprint density at radius 1 is 1.38 bits per heavy atom. The van der Waals surface area contributed by atoms with Crippen molar-refractivity contribution in [2.45, 2.75) is 13.5 Å². The normalized spacial score (nSPS) is 10.8. The van der Waals surface area contributed by atoms with Gasteiger partial charge in [0.15, 0.2) is 11.5 Å². The molecule has 0 bridgehead atoms. The first-order chi connectivity index (χ1) is 10.1. The summed E-state index contributed by atoms with van der Waals surface area (Å²) in [6.07, 6.45) is 0. The first kappa shape index (κ1) is 13.6. The molecule has 3 rings (SSSR count). The molecular weight excluding hydrogens is 288 g/mol. The lowest BCUT2D eigenvalue weighted by Gasteiger charge is -2.13. The molecule has 0 saturated heterocycles. The zero-order chi connectivity index (χ0) is 14.8. The van der Waals surface area contributed by atoms with E-state index in [1.807, 2.05) is 36.6 Å². The second-order valence-electron chi connectivity index (χ2n) is 4.73. The molecule has 21 heavy (non-hydrogen) atoms. The van der Waals surface area contributed by atoms with Crippen LogP contribution in [0.5, 0.6) is 0 Å². The first-order valence-corrected chi connectivity index (χ1v) is 7.33. The van der Waals surface area contributed by atoms with Crippen LogP contribution in [0, 0.1) is 6.92 Å². The molecular formula is C15H14N2O3S. The van der Waals surface area contributed by atoms with Crippen LogP contribution in [0.1, 0.15) is 22.0 Å². The van der Waals surface area contributed by atoms with Gasteiger partial charge in [-0.05, 0) is 30.5 Å². The summed E-state index contributed by atoms with van der Waals surface area (Å²) in [7, 11) is 1.71. The summed E-state index contributed by atoms with van der Waals surface area (Å²) in [5, 5.41) is 5.80. The number of nitrogens with zero attached hydrogens (tertiary/aromatic N) is 2. The molecule has 0 aliphatic rings. The minimum absolute atomic E-state index is 0.199. The van der Waals surface area contributed by atoms with Gasteiger partial charge in [0.05, 0.1) is 11.4 Å². The third-order valence-electron chi connectivity index (χ3n) is 3.03. The smallest absolute Gasteiger partial charge is 0.276 e. The molecule has 3 aromatic rings. The molecule has 0 aromatic carbocycles. The standard InChI is InChI=1S/C15H14N2O3S/c1-10-5-6-11(19-10)9-17(2)15(18)12-8-13(20-16-12)14-4-3-7-21-14/h3-8H,9H2,1-2H3. The van der Waals surface area contributed by atoms with Crippen molar-refractivity contribution in [2.24, 2.45) is 0 Å². The van der Waals surface area contributed by atoms with Gasteiger partial charge in [-0.25, -0.2) is 0 Å². The zero-order valence-corrected chi connectivity index (χ0v) is 12.5. The van der Waals surface area contributed by atoms with Crippen LogP contribution in [-0.4, -0.2) is 23.0 Å². The largest absolute Gasteiger partial charge is 0.464 e. The Bertz CT molecular complexity index is 743. The molecule has 1 amide bonds. The summed E-state index contributed by atoms with van der Waals surface area (Å²) in [6, 6.07) is 9.25. The van der Waals surface area contributed by atoms with Crippen LogP contribution in [0.25, 0.3) is 10.6 Å². The van der Waals surface area contributed by atoms with Crippen LogP contribution in [0.4, 0.5) is 0 Å². The van der Waals surface area contributed by atoms with E-state index >= 15 is 0 Å². The number of amides is 1. The molecule has 0 atom stereocenters. The fourth-order valence-corrected chi connectivity index (χ4v) is 2.66. The number of carbonyl (C=O) groups is 1. The van der Waals surface area contributed by atoms with Crippen molar-refractivity contribution < 1.29 is 13.7 Å². The number of thiophene rings is 1. The molecule has 108 valence electrons. The quantitative estimate of drug-likeness (QED) is 0.739. The average molecular weight is 302 g/mol. The predicted octanol–water partition coefficient (Wildman–Crippen LogP) is 3.58. The van der Waals surface area contributed by atoms with Crippen molar-refractivity contribution in [3.05, 3.63) is 52.9 Å². The predicted molar refractivity (Wildman–Crippen MR) is 79.1 cm³/mol. The van der Waals surface area contributed by atoms with Crippen LogP contribution < -0.4 is 0 Å². The number of aromatic nitrogens is 1. The number of hydrogen-bond acceptors (Lipinski definition) is 5. The maximum Gasteiger partial charge on any atom is 0.276 e. The highest BCUT2D eigenvalue weighted by atomic mass is 32.1. The Hall–Kier alpha value is -2.34. The highest BCUT2D eigenvalue weighted by Crippen LogP contribution is 2.25. The topological polar surface area (TPSA) is 59.5 Å². The number of rotatable bonds is 4. The molecule has 0 fully saturated rings. The van der Waals surface area contributed by atoms with E-state index in [1.54, 1.807) is 29.4 Å². The van der Waals surface area contributed by atoms with E-state index in [-0.39, 0.29) is 5.91 Å². The van der Waals surface area contributed by atoms with Gasteiger partial charge in [-0.1, -0.05) is 11.2 Å². The van der Waals surface area contributed by atoms with Gasteiger partial charge in [0, 0.05) is 13.1 Å². The van der Waals surface area contributed by atoms with Crippen LogP contribution in [0.3, 0.4) is 0 Å². The average Bonchev–Trinajstić information content (AvgIpc) is 3.18. The third kappa shape index (κ3) is 2.90. The zero-order valence-electron chi connectivity index (χ0n) is 11.7. The van der Waals surface area contributed by atoms with Gasteiger partial charge in [0.1, 0.15) is 11.5 Å². The van der Waals surface area contributed by atoms with Gasteiger partial charge < -0.3 is 13.8 Å². The van der Waals surface area contributed by atoms with E-state index < -0.39 is 0 Å². The molecule has 0 aliphatic heterocycles. The monoisotopic (exact) mass is 302 g/mol. The third-order valence-corrected chi connectivity index (χ3v) is 3.91. The summed E-state index contributed by atoms with van der Waals surface area (Å²) in [5.41, 5.74) is 0.296. The molecule has 3 heterocycles. The van der Waals surface area contributed by atoms with Gasteiger partial charge in [0.2, 0.25) is 0 Å². The van der Waals surface area contributed by atoms with Crippen LogP contribution in [0.2, 0.25) is 0 Å². The van der Waals surface area contributed by atoms with E-state index in [1.165, 1.54) is 0 Å². The van der Waals surface area contributed by atoms with Crippen LogP contribution in [0.15, 0.2) is 44.7 Å². The molecule has 0 saturated carbocycles. The van der Waals surface area contributed by atoms with Crippen molar-refractivity contribution in [1.29, 1.82) is 0 Å². The summed E-state index contributed by atoms with van der Waals surface area (Å²) in [6.45, 7) is 2.27. The summed E-state index contributed by atoms with van der Waals surface area (Å²) < 4.78 is 10.7. The van der Waals surface area contributed by atoms with Gasteiger partial charge in [0.25, 0.3) is 5.91 Å². The number of furan rings is 1. The Labute approximate surface area is 125 Å². The molecule has 6 heteroatoms. The maximum absolute atomic E-state index is 12.3. The van der Waals surface area contributed by atoms with Crippen LogP contribution >= 0.6 is 11.3 Å². The van der Waals surface area contributed by atoms with Crippen molar-refractivity contribution >= 4 is 17.2 Å². The minimum atomic E-state index is -0.199. The van der Waals surface area contributed by atoms with Gasteiger partial charge in [-0.2, -0.15) is 0 Å². The molecule has 0 spiro atoms. The lowest BCUT2D eigenvalue weighted by Crippen LogP contribution is -2.26. The highest BCUT2D eigenvalue weighted by molar-refractivity contribution is 7.13. The molecule has 0 radical (unpaired) electrons. The minimum Gasteiger partial charge on any atom is -0.464 e. The Balaban J connectivity index is 1.72. The Morgan fingerprint density at radius 2 is 2.24 bits per heavy atom. The summed E-state index contributed by atoms with van der Waals surface area (Å²) >= 11 is 1.54. The molecule has 0 N–H and O–H groups in total. The van der Waals surface area contributed by atoms with Crippen LogP contribution in [-0.2, 0) is 6.54 Å². The fourth-order valence-electron chi connectivity index (χ4n) is 1.98. The molecule has 5 nitrogen and oxygen atoms in total. The molecule has 3 aromatic heterocycles. The lowest BCUT2D eigenvalue weighted by molar-refractivity contribution is 0.0764. The van der Waals surface area contributed by atoms with Crippen molar-refractivity contribution in [3.8, 4) is 10.6 Å². The van der Waals surface area contributed by atoms with Crippen molar-refractivity contribution in [2.75, 3.05) is 7.05 Å². The number of hydrogen-bond donors (Lipinski definition) is 0. The maximum atomic E-state index is 12.3. The second-order valence-corrected chi connectivity index (χ2v) is 5.67. The first-order valence-electron chi connectivity index (χ1n) is 6.45. The van der Waals surface area contributed by atoms with Crippen molar-refractivity contribution in [1.82, 2.24) is 10.1 Å². The van der Waals surface area contributed by atoms with E-state index in [0.717, 1.165) is 16.4 Å². The second kappa shape index (κ2) is 5.57. The fraction of sp³-hybridized carbons (Fsp3) is 0.200. The Morgan fingerprint density at radius 3 is 2.90 bits per heavy atom. The van der Waals surface area contributed by atoms with E-state index in [4.69, 9.17) is 8.94 Å². The van der Waals surface area contributed by atoms with Gasteiger partial charge in [-0.3, -0.25) is 4.79 Å². The summed E-state index contributed by atoms with van der Waals surface area (Å²) in [4.78, 5) is 14.8. The van der Waals surface area contributed by atoms with E-state index in [2.05, 4.69) is 5.16 Å². The number of carbonyl (C=O) groups excluding carboxylic acids is 1. The van der Waals surface area contributed by atoms with Crippen molar-refractivity contribution in [3.63, 3.8) is 0 Å². The molecule has 0 aliphatic carbocycles. The van der Waals surface area contributed by atoms with Gasteiger partial charge in [-0.15, -0.1) is 11.3 Å². The van der Waals surface area contributed by atoms with Gasteiger partial charge >= 0.3 is 0 Å². The van der Waals surface area contributed by atoms with E-state index in [0.29, 0.717) is 18.0 Å². The molecule has 0 unspecified atom stereocenters. The summed E-state index contributed by atoms with van der Waals surface area (Å²) in [5.74, 6) is 1.98. The SMILES string of the molecule is Cc1ccc(CN(C)C(=O)c2cc(-c3cccs3)on2)o1. The highest BCUT2D eigenvalue weighted by Gasteiger charge is 2.19. The lowest BCUT2D eigenvalue weighted by atomic mass is 10.3. The number of aryl methyl sites for hydroxylation is 1.